The molecule has 0 saturated heterocycles. The van der Waals surface area contributed by atoms with Gasteiger partial charge in [0.25, 0.3) is 5.91 Å². The van der Waals surface area contributed by atoms with Crippen molar-refractivity contribution in [3.05, 3.63) is 42.2 Å². The summed E-state index contributed by atoms with van der Waals surface area (Å²) >= 11 is 0. The third kappa shape index (κ3) is 5.02. The van der Waals surface area contributed by atoms with Crippen molar-refractivity contribution >= 4 is 29.1 Å². The Morgan fingerprint density at radius 3 is 2.38 bits per heavy atom. The van der Waals surface area contributed by atoms with Gasteiger partial charge in [-0.15, -0.1) is 0 Å². The van der Waals surface area contributed by atoms with Crippen LogP contribution in [0.3, 0.4) is 0 Å². The summed E-state index contributed by atoms with van der Waals surface area (Å²) in [6.45, 7) is 1.46. The fourth-order valence-corrected chi connectivity index (χ4v) is 3.02. The van der Waals surface area contributed by atoms with Crippen LogP contribution in [-0.4, -0.2) is 27.8 Å². The number of carbonyl (C=O) groups is 2. The zero-order chi connectivity index (χ0) is 18.4. The summed E-state index contributed by atoms with van der Waals surface area (Å²) in [5, 5.41) is 8.83. The Hall–Kier alpha value is -2.96. The molecular weight excluding hydrogens is 330 g/mol. The molecule has 3 N–H and O–H groups in total. The van der Waals surface area contributed by atoms with Crippen molar-refractivity contribution in [2.45, 2.75) is 45.1 Å². The predicted octanol–water partition coefficient (Wildman–Crippen LogP) is 3.24. The van der Waals surface area contributed by atoms with Gasteiger partial charge in [-0.25, -0.2) is 9.97 Å². The van der Waals surface area contributed by atoms with E-state index in [1.54, 1.807) is 24.4 Å². The molecule has 7 nitrogen and oxygen atoms in total. The van der Waals surface area contributed by atoms with Gasteiger partial charge < -0.3 is 16.0 Å². The lowest BCUT2D eigenvalue weighted by molar-refractivity contribution is -0.114. The van der Waals surface area contributed by atoms with Crippen LogP contribution < -0.4 is 16.0 Å². The number of amides is 2. The lowest BCUT2D eigenvalue weighted by atomic mass is 9.95. The minimum absolute atomic E-state index is 0.120. The SMILES string of the molecule is CC(=O)Nc1ccc(Nc2nccc(C(=O)NC3CCCCC3)n2)cc1. The molecular formula is C19H23N5O2. The highest BCUT2D eigenvalue weighted by Gasteiger charge is 2.17. The van der Waals surface area contributed by atoms with Gasteiger partial charge in [0.15, 0.2) is 0 Å². The smallest absolute Gasteiger partial charge is 0.270 e. The van der Waals surface area contributed by atoms with Gasteiger partial charge >= 0.3 is 0 Å². The number of hydrogen-bond acceptors (Lipinski definition) is 5. The number of nitrogens with zero attached hydrogens (tertiary/aromatic N) is 2. The first-order valence-corrected chi connectivity index (χ1v) is 8.89. The number of aromatic nitrogens is 2. The number of benzene rings is 1. The van der Waals surface area contributed by atoms with Crippen LogP contribution in [0.4, 0.5) is 17.3 Å². The first-order valence-electron chi connectivity index (χ1n) is 8.89. The maximum absolute atomic E-state index is 12.4. The van der Waals surface area contributed by atoms with E-state index < -0.39 is 0 Å². The third-order valence-electron chi connectivity index (χ3n) is 4.29. The molecule has 2 aromatic rings. The Balaban J connectivity index is 1.63. The second-order valence-electron chi connectivity index (χ2n) is 6.46. The summed E-state index contributed by atoms with van der Waals surface area (Å²) in [5.41, 5.74) is 1.83. The van der Waals surface area contributed by atoms with Crippen LogP contribution in [0.2, 0.25) is 0 Å². The van der Waals surface area contributed by atoms with Gasteiger partial charge in [0.1, 0.15) is 5.69 Å². The van der Waals surface area contributed by atoms with Crippen molar-refractivity contribution < 1.29 is 9.59 Å². The summed E-state index contributed by atoms with van der Waals surface area (Å²) in [6, 6.07) is 9.03. The summed E-state index contributed by atoms with van der Waals surface area (Å²) in [6.07, 6.45) is 7.20. The number of rotatable bonds is 5. The zero-order valence-corrected chi connectivity index (χ0v) is 14.8. The first kappa shape index (κ1) is 17.8. The molecule has 0 spiro atoms. The van der Waals surface area contributed by atoms with Gasteiger partial charge in [-0.1, -0.05) is 19.3 Å². The molecule has 0 unspecified atom stereocenters. The lowest BCUT2D eigenvalue weighted by Gasteiger charge is -2.22. The molecule has 1 aliphatic carbocycles. The topological polar surface area (TPSA) is 96.0 Å². The van der Waals surface area contributed by atoms with Crippen LogP contribution in [0.15, 0.2) is 36.5 Å². The second-order valence-corrected chi connectivity index (χ2v) is 6.46. The van der Waals surface area contributed by atoms with E-state index in [0.717, 1.165) is 31.4 Å². The molecule has 3 rings (SSSR count). The summed E-state index contributed by atoms with van der Waals surface area (Å²) in [7, 11) is 0. The van der Waals surface area contributed by atoms with Crippen LogP contribution in [0.25, 0.3) is 0 Å². The van der Waals surface area contributed by atoms with E-state index in [1.807, 2.05) is 12.1 Å². The monoisotopic (exact) mass is 353 g/mol. The molecule has 136 valence electrons. The molecule has 2 amide bonds. The van der Waals surface area contributed by atoms with Crippen molar-refractivity contribution in [1.29, 1.82) is 0 Å². The molecule has 1 aromatic heterocycles. The zero-order valence-electron chi connectivity index (χ0n) is 14.8. The molecule has 26 heavy (non-hydrogen) atoms. The maximum atomic E-state index is 12.4. The van der Waals surface area contributed by atoms with Crippen LogP contribution in [0, 0.1) is 0 Å². The fourth-order valence-electron chi connectivity index (χ4n) is 3.02. The molecule has 1 aromatic carbocycles. The second kappa shape index (κ2) is 8.42. The largest absolute Gasteiger partial charge is 0.348 e. The average molecular weight is 353 g/mol. The van der Waals surface area contributed by atoms with Crippen LogP contribution in [0.5, 0.6) is 0 Å². The fraction of sp³-hybridized carbons (Fsp3) is 0.368. The van der Waals surface area contributed by atoms with E-state index in [-0.39, 0.29) is 17.9 Å². The predicted molar refractivity (Wildman–Crippen MR) is 100 cm³/mol. The highest BCUT2D eigenvalue weighted by molar-refractivity contribution is 5.92. The van der Waals surface area contributed by atoms with Crippen molar-refractivity contribution in [3.63, 3.8) is 0 Å². The molecule has 1 heterocycles. The molecule has 0 aliphatic heterocycles. The molecule has 7 heteroatoms. The van der Waals surface area contributed by atoms with Gasteiger partial charge in [0.2, 0.25) is 11.9 Å². The summed E-state index contributed by atoms with van der Waals surface area (Å²) in [5.74, 6) is 0.0719. The summed E-state index contributed by atoms with van der Waals surface area (Å²) < 4.78 is 0. The Labute approximate surface area is 152 Å². The van der Waals surface area contributed by atoms with Crippen molar-refractivity contribution in [2.24, 2.45) is 0 Å². The van der Waals surface area contributed by atoms with Crippen molar-refractivity contribution in [2.75, 3.05) is 10.6 Å². The van der Waals surface area contributed by atoms with Crippen molar-refractivity contribution in [3.8, 4) is 0 Å². The van der Waals surface area contributed by atoms with Gasteiger partial charge in [-0.2, -0.15) is 0 Å². The van der Waals surface area contributed by atoms with E-state index in [4.69, 9.17) is 0 Å². The average Bonchev–Trinajstić information content (AvgIpc) is 2.64. The Kier molecular flexibility index (Phi) is 5.78. The molecule has 0 radical (unpaired) electrons. The molecule has 1 fully saturated rings. The normalized spacial score (nSPS) is 14.5. The minimum Gasteiger partial charge on any atom is -0.348 e. The minimum atomic E-state index is -0.164. The van der Waals surface area contributed by atoms with Crippen molar-refractivity contribution in [1.82, 2.24) is 15.3 Å². The van der Waals surface area contributed by atoms with Crippen LogP contribution in [0.1, 0.15) is 49.5 Å². The summed E-state index contributed by atoms with van der Waals surface area (Å²) in [4.78, 5) is 31.9. The number of carbonyl (C=O) groups excluding carboxylic acids is 2. The maximum Gasteiger partial charge on any atom is 0.270 e. The van der Waals surface area contributed by atoms with Gasteiger partial charge in [-0.3, -0.25) is 9.59 Å². The first-order chi connectivity index (χ1) is 12.6. The number of nitrogens with one attached hydrogen (secondary N) is 3. The van der Waals surface area contributed by atoms with Crippen LogP contribution in [-0.2, 0) is 4.79 Å². The van der Waals surface area contributed by atoms with Gasteiger partial charge in [0.05, 0.1) is 0 Å². The highest BCUT2D eigenvalue weighted by Crippen LogP contribution is 2.19. The Bertz CT molecular complexity index is 770. The van der Waals surface area contributed by atoms with E-state index in [9.17, 15) is 9.59 Å². The van der Waals surface area contributed by atoms with Gasteiger partial charge in [-0.05, 0) is 43.2 Å². The molecule has 0 bridgehead atoms. The molecule has 1 aliphatic rings. The molecule has 0 atom stereocenters. The van der Waals surface area contributed by atoms with E-state index >= 15 is 0 Å². The van der Waals surface area contributed by atoms with Gasteiger partial charge in [0, 0.05) is 30.5 Å². The van der Waals surface area contributed by atoms with Crippen LogP contribution >= 0.6 is 0 Å². The van der Waals surface area contributed by atoms with E-state index in [2.05, 4.69) is 25.9 Å². The standard InChI is InChI=1S/C19H23N5O2/c1-13(25)21-15-7-9-16(10-8-15)23-19-20-12-11-17(24-19)18(26)22-14-5-3-2-4-6-14/h7-12,14H,2-6H2,1H3,(H,21,25)(H,22,26)(H,20,23,24). The highest BCUT2D eigenvalue weighted by atomic mass is 16.2. The number of hydrogen-bond donors (Lipinski definition) is 3. The van der Waals surface area contributed by atoms with E-state index in [1.165, 1.54) is 13.3 Å². The molecule has 1 saturated carbocycles. The Morgan fingerprint density at radius 1 is 1.00 bits per heavy atom. The third-order valence-corrected chi connectivity index (χ3v) is 4.29. The Morgan fingerprint density at radius 2 is 1.69 bits per heavy atom. The van der Waals surface area contributed by atoms with E-state index in [0.29, 0.717) is 17.3 Å². The lowest BCUT2D eigenvalue weighted by Crippen LogP contribution is -2.36. The quantitative estimate of drug-likeness (QED) is 0.767. The number of anilines is 3.